The van der Waals surface area contributed by atoms with Crippen molar-refractivity contribution in [3.63, 3.8) is 0 Å². The number of carbonyl (C=O) groups is 3. The molecule has 5 amide bonds. The van der Waals surface area contributed by atoms with E-state index in [0.29, 0.717) is 31.6 Å². The van der Waals surface area contributed by atoms with E-state index < -0.39 is 21.6 Å². The fourth-order valence-electron chi connectivity index (χ4n) is 2.90. The van der Waals surface area contributed by atoms with E-state index in [9.17, 15) is 22.8 Å². The van der Waals surface area contributed by atoms with Gasteiger partial charge in [0.25, 0.3) is 5.91 Å². The predicted molar refractivity (Wildman–Crippen MR) is 87.0 cm³/mol. The van der Waals surface area contributed by atoms with Gasteiger partial charge >= 0.3 is 12.1 Å². The van der Waals surface area contributed by atoms with Gasteiger partial charge in [-0.25, -0.2) is 23.1 Å². The van der Waals surface area contributed by atoms with Gasteiger partial charge in [0.2, 0.25) is 10.0 Å². The van der Waals surface area contributed by atoms with Crippen LogP contribution in [-0.4, -0.2) is 49.9 Å². The molecule has 2 aliphatic rings. The fourth-order valence-corrected chi connectivity index (χ4v) is 3.42. The quantitative estimate of drug-likeness (QED) is 0.522. The van der Waals surface area contributed by atoms with Gasteiger partial charge in [0.1, 0.15) is 5.54 Å². The van der Waals surface area contributed by atoms with E-state index in [1.807, 2.05) is 0 Å². The minimum atomic E-state index is -3.79. The van der Waals surface area contributed by atoms with Crippen LogP contribution in [0.4, 0.5) is 15.3 Å². The molecule has 1 aromatic rings. The van der Waals surface area contributed by atoms with Crippen molar-refractivity contribution in [2.24, 2.45) is 5.14 Å². The first-order chi connectivity index (χ1) is 11.7. The zero-order chi connectivity index (χ0) is 18.2. The zero-order valence-corrected chi connectivity index (χ0v) is 13.9. The third kappa shape index (κ3) is 3.42. The molecule has 5 N–H and O–H groups in total. The van der Waals surface area contributed by atoms with E-state index in [0.717, 1.165) is 0 Å². The second-order valence-corrected chi connectivity index (χ2v) is 7.54. The predicted octanol–water partition coefficient (Wildman–Crippen LogP) is -0.460. The Morgan fingerprint density at radius 3 is 2.24 bits per heavy atom. The Labute approximate surface area is 143 Å². The Balaban J connectivity index is 1.60. The minimum absolute atomic E-state index is 0.0478. The van der Waals surface area contributed by atoms with Crippen LogP contribution in [0.25, 0.3) is 0 Å². The van der Waals surface area contributed by atoms with Crippen molar-refractivity contribution in [2.75, 3.05) is 18.4 Å². The molecule has 2 fully saturated rings. The normalized spacial score (nSPS) is 19.5. The first-order valence-corrected chi connectivity index (χ1v) is 9.07. The van der Waals surface area contributed by atoms with Crippen molar-refractivity contribution in [3.05, 3.63) is 24.3 Å². The van der Waals surface area contributed by atoms with Crippen LogP contribution in [0.3, 0.4) is 0 Å². The number of amides is 5. The van der Waals surface area contributed by atoms with Gasteiger partial charge in [0, 0.05) is 18.8 Å². The summed E-state index contributed by atoms with van der Waals surface area (Å²) in [5.41, 5.74) is -0.519. The van der Waals surface area contributed by atoms with E-state index in [1.54, 1.807) is 0 Å². The maximum Gasteiger partial charge on any atom is 0.322 e. The average molecular weight is 367 g/mol. The van der Waals surface area contributed by atoms with Crippen LogP contribution in [0.5, 0.6) is 0 Å². The number of imide groups is 1. The van der Waals surface area contributed by atoms with Crippen LogP contribution in [0.15, 0.2) is 29.2 Å². The molecular weight excluding hydrogens is 350 g/mol. The van der Waals surface area contributed by atoms with Gasteiger partial charge in [0.15, 0.2) is 0 Å². The summed E-state index contributed by atoms with van der Waals surface area (Å²) < 4.78 is 22.4. The van der Waals surface area contributed by atoms with Gasteiger partial charge in [-0.3, -0.25) is 10.1 Å². The van der Waals surface area contributed by atoms with Gasteiger partial charge in [-0.15, -0.1) is 0 Å². The van der Waals surface area contributed by atoms with Crippen molar-refractivity contribution < 1.29 is 22.8 Å². The fraction of sp³-hybridized carbons (Fsp3) is 0.357. The summed E-state index contributed by atoms with van der Waals surface area (Å²) in [6.07, 6.45) is 0.644. The number of piperidine rings is 1. The number of urea groups is 2. The number of likely N-dealkylation sites (tertiary alicyclic amines) is 1. The van der Waals surface area contributed by atoms with Crippen molar-refractivity contribution in [2.45, 2.75) is 23.3 Å². The van der Waals surface area contributed by atoms with Crippen molar-refractivity contribution in [3.8, 4) is 0 Å². The molecule has 0 atom stereocenters. The SMILES string of the molecule is NS(=O)(=O)c1ccc(NC(=O)N2CCC3(CC2)NC(=O)NC3=O)cc1. The Kier molecular flexibility index (Phi) is 4.13. The van der Waals surface area contributed by atoms with Crippen LogP contribution in [0.2, 0.25) is 0 Å². The van der Waals surface area contributed by atoms with E-state index in [4.69, 9.17) is 5.14 Å². The number of nitrogens with zero attached hydrogens (tertiary/aromatic N) is 1. The molecule has 1 spiro atoms. The minimum Gasteiger partial charge on any atom is -0.324 e. The largest absolute Gasteiger partial charge is 0.324 e. The van der Waals surface area contributed by atoms with Crippen molar-refractivity contribution in [1.82, 2.24) is 15.5 Å². The van der Waals surface area contributed by atoms with Gasteiger partial charge in [-0.2, -0.15) is 0 Å². The average Bonchev–Trinajstić information content (AvgIpc) is 2.81. The van der Waals surface area contributed by atoms with Crippen LogP contribution < -0.4 is 21.1 Å². The molecule has 0 unspecified atom stereocenters. The topological polar surface area (TPSA) is 151 Å². The number of rotatable bonds is 2. The summed E-state index contributed by atoms with van der Waals surface area (Å²) >= 11 is 0. The third-order valence-corrected chi connectivity index (χ3v) is 5.28. The highest BCUT2D eigenvalue weighted by atomic mass is 32.2. The summed E-state index contributed by atoms with van der Waals surface area (Å²) in [5, 5.41) is 12.5. The highest BCUT2D eigenvalue weighted by molar-refractivity contribution is 7.89. The van der Waals surface area contributed by atoms with Crippen LogP contribution >= 0.6 is 0 Å². The molecule has 25 heavy (non-hydrogen) atoms. The van der Waals surface area contributed by atoms with Crippen molar-refractivity contribution >= 4 is 33.7 Å². The molecule has 11 heteroatoms. The molecule has 0 aliphatic carbocycles. The molecule has 0 radical (unpaired) electrons. The summed E-state index contributed by atoms with van der Waals surface area (Å²) in [6.45, 7) is 0.601. The number of sulfonamides is 1. The van der Waals surface area contributed by atoms with E-state index >= 15 is 0 Å². The number of nitrogens with one attached hydrogen (secondary N) is 3. The monoisotopic (exact) mass is 367 g/mol. The Morgan fingerprint density at radius 2 is 1.76 bits per heavy atom. The molecule has 0 aromatic heterocycles. The molecule has 3 rings (SSSR count). The molecule has 2 saturated heterocycles. The Bertz CT molecular complexity index is 828. The third-order valence-electron chi connectivity index (χ3n) is 4.35. The first kappa shape index (κ1) is 17.2. The second kappa shape index (κ2) is 6.01. The van der Waals surface area contributed by atoms with Crippen LogP contribution in [0.1, 0.15) is 12.8 Å². The first-order valence-electron chi connectivity index (χ1n) is 7.52. The number of nitrogens with two attached hydrogens (primary N) is 1. The van der Waals surface area contributed by atoms with Gasteiger partial charge in [-0.1, -0.05) is 0 Å². The highest BCUT2D eigenvalue weighted by Gasteiger charge is 2.48. The molecule has 2 heterocycles. The van der Waals surface area contributed by atoms with E-state index in [1.165, 1.54) is 29.2 Å². The Hall–Kier alpha value is -2.66. The molecule has 134 valence electrons. The molecule has 0 saturated carbocycles. The van der Waals surface area contributed by atoms with E-state index in [2.05, 4.69) is 16.0 Å². The maximum atomic E-state index is 12.3. The number of primary sulfonamides is 1. The van der Waals surface area contributed by atoms with Crippen LogP contribution in [0, 0.1) is 0 Å². The summed E-state index contributed by atoms with van der Waals surface area (Å²) in [5.74, 6) is -0.365. The highest BCUT2D eigenvalue weighted by Crippen LogP contribution is 2.26. The lowest BCUT2D eigenvalue weighted by atomic mass is 9.88. The van der Waals surface area contributed by atoms with Gasteiger partial charge in [-0.05, 0) is 37.1 Å². The molecular formula is C14H17N5O5S. The molecule has 10 nitrogen and oxygen atoms in total. The van der Waals surface area contributed by atoms with Crippen molar-refractivity contribution in [1.29, 1.82) is 0 Å². The van der Waals surface area contributed by atoms with Gasteiger partial charge < -0.3 is 15.5 Å². The number of carbonyl (C=O) groups excluding carboxylic acids is 3. The summed E-state index contributed by atoms with van der Waals surface area (Å²) in [7, 11) is -3.79. The van der Waals surface area contributed by atoms with E-state index in [-0.39, 0.29) is 16.8 Å². The number of benzene rings is 1. The summed E-state index contributed by atoms with van der Waals surface area (Å²) in [6, 6.07) is 4.59. The number of hydrogen-bond donors (Lipinski definition) is 4. The summed E-state index contributed by atoms with van der Waals surface area (Å²) in [4.78, 5) is 36.9. The standard InChI is InChI=1S/C14H17N5O5S/c15-25(23,24)10-3-1-9(2-4-10)16-13(22)19-7-5-14(6-8-19)11(20)17-12(21)18-14/h1-4H,5-8H2,(H,16,22)(H2,15,23,24)(H2,17,18,20,21). The second-order valence-electron chi connectivity index (χ2n) is 5.98. The number of hydrogen-bond acceptors (Lipinski definition) is 5. The smallest absolute Gasteiger partial charge is 0.322 e. The lowest BCUT2D eigenvalue weighted by molar-refractivity contribution is -0.125. The lowest BCUT2D eigenvalue weighted by Crippen LogP contribution is -2.56. The lowest BCUT2D eigenvalue weighted by Gasteiger charge is -2.36. The maximum absolute atomic E-state index is 12.3. The number of anilines is 1. The molecule has 2 aliphatic heterocycles. The van der Waals surface area contributed by atoms with Crippen LogP contribution in [-0.2, 0) is 14.8 Å². The zero-order valence-electron chi connectivity index (χ0n) is 13.1. The molecule has 0 bridgehead atoms. The van der Waals surface area contributed by atoms with Gasteiger partial charge in [0.05, 0.1) is 4.90 Å². The Morgan fingerprint density at radius 1 is 1.16 bits per heavy atom. The molecule has 1 aromatic carbocycles.